The molecule has 0 aliphatic heterocycles. The van der Waals surface area contributed by atoms with E-state index in [2.05, 4.69) is 6.92 Å². The maximum Gasteiger partial charge on any atom is 0.149 e. The van der Waals surface area contributed by atoms with Gasteiger partial charge in [0, 0.05) is 11.3 Å². The van der Waals surface area contributed by atoms with Crippen LogP contribution >= 0.6 is 0 Å². The summed E-state index contributed by atoms with van der Waals surface area (Å²) in [5.41, 5.74) is 1.15. The standard InChI is InChI=1S/C14H18O2S/c1-3-11-6-9-13(15)14(11)17(16)12-7-4-10(2)5-8-12/h4-5,7-8,11,14H,3,6,9H2,1-2H3/t11-,14+,17-/m0/s1. The molecule has 0 spiro atoms. The van der Waals surface area contributed by atoms with Crippen LogP contribution in [-0.2, 0) is 15.6 Å². The zero-order valence-electron chi connectivity index (χ0n) is 10.3. The third-order valence-electron chi connectivity index (χ3n) is 3.52. The zero-order valence-corrected chi connectivity index (χ0v) is 11.1. The van der Waals surface area contributed by atoms with Gasteiger partial charge in [0.2, 0.25) is 0 Å². The zero-order chi connectivity index (χ0) is 12.4. The molecule has 0 radical (unpaired) electrons. The molecule has 0 heterocycles. The first-order valence-electron chi connectivity index (χ1n) is 6.13. The molecule has 0 aromatic heterocycles. The lowest BCUT2D eigenvalue weighted by molar-refractivity contribution is -0.117. The summed E-state index contributed by atoms with van der Waals surface area (Å²) in [6.07, 6.45) is 2.44. The van der Waals surface area contributed by atoms with Crippen molar-refractivity contribution in [2.45, 2.75) is 43.3 Å². The third-order valence-corrected chi connectivity index (χ3v) is 5.36. The number of ketones is 1. The predicted octanol–water partition coefficient (Wildman–Crippen LogP) is 2.86. The topological polar surface area (TPSA) is 34.1 Å². The van der Waals surface area contributed by atoms with Gasteiger partial charge in [0.05, 0.1) is 10.8 Å². The Kier molecular flexibility index (Phi) is 3.77. The van der Waals surface area contributed by atoms with E-state index < -0.39 is 10.8 Å². The molecule has 0 bridgehead atoms. The van der Waals surface area contributed by atoms with Gasteiger partial charge in [-0.1, -0.05) is 31.0 Å². The molecule has 2 nitrogen and oxygen atoms in total. The van der Waals surface area contributed by atoms with Gasteiger partial charge < -0.3 is 0 Å². The average Bonchev–Trinajstić information content (AvgIpc) is 2.70. The quantitative estimate of drug-likeness (QED) is 0.826. The van der Waals surface area contributed by atoms with Crippen molar-refractivity contribution in [1.82, 2.24) is 0 Å². The van der Waals surface area contributed by atoms with Crippen molar-refractivity contribution in [3.63, 3.8) is 0 Å². The monoisotopic (exact) mass is 250 g/mol. The lowest BCUT2D eigenvalue weighted by atomic mass is 10.1. The van der Waals surface area contributed by atoms with Crippen LogP contribution in [0.3, 0.4) is 0 Å². The Hall–Kier alpha value is -0.960. The van der Waals surface area contributed by atoms with E-state index in [0.29, 0.717) is 12.3 Å². The molecule has 1 aliphatic rings. The van der Waals surface area contributed by atoms with E-state index >= 15 is 0 Å². The molecular weight excluding hydrogens is 232 g/mol. The van der Waals surface area contributed by atoms with Crippen molar-refractivity contribution < 1.29 is 9.00 Å². The first-order chi connectivity index (χ1) is 8.13. The molecule has 92 valence electrons. The highest BCUT2D eigenvalue weighted by Gasteiger charge is 2.38. The fourth-order valence-corrected chi connectivity index (χ4v) is 4.15. The van der Waals surface area contributed by atoms with Crippen LogP contribution < -0.4 is 0 Å². The Bertz CT molecular complexity index is 436. The van der Waals surface area contributed by atoms with Crippen LogP contribution in [0.4, 0.5) is 0 Å². The molecule has 1 saturated carbocycles. The summed E-state index contributed by atoms with van der Waals surface area (Å²) >= 11 is 0. The molecule has 0 N–H and O–H groups in total. The van der Waals surface area contributed by atoms with Gasteiger partial charge in [-0.25, -0.2) is 0 Å². The molecule has 1 aliphatic carbocycles. The number of Topliss-reactive ketones (excluding diaryl/α,β-unsaturated/α-hetero) is 1. The number of aryl methyl sites for hydroxylation is 1. The highest BCUT2D eigenvalue weighted by atomic mass is 32.2. The summed E-state index contributed by atoms with van der Waals surface area (Å²) in [6.45, 7) is 4.07. The van der Waals surface area contributed by atoms with Crippen molar-refractivity contribution in [2.24, 2.45) is 5.92 Å². The van der Waals surface area contributed by atoms with Crippen LogP contribution in [0.2, 0.25) is 0 Å². The molecule has 0 saturated heterocycles. The van der Waals surface area contributed by atoms with E-state index in [4.69, 9.17) is 0 Å². The van der Waals surface area contributed by atoms with Crippen molar-refractivity contribution in [3.8, 4) is 0 Å². The van der Waals surface area contributed by atoms with Crippen LogP contribution in [0.25, 0.3) is 0 Å². The number of carbonyl (C=O) groups excluding carboxylic acids is 1. The van der Waals surface area contributed by atoms with E-state index in [9.17, 15) is 9.00 Å². The lowest BCUT2D eigenvalue weighted by Gasteiger charge is -2.16. The lowest BCUT2D eigenvalue weighted by Crippen LogP contribution is -2.26. The van der Waals surface area contributed by atoms with Crippen LogP contribution in [0.15, 0.2) is 29.2 Å². The van der Waals surface area contributed by atoms with Crippen LogP contribution in [-0.4, -0.2) is 15.2 Å². The Morgan fingerprint density at radius 1 is 1.29 bits per heavy atom. The molecule has 1 fully saturated rings. The fourth-order valence-electron chi connectivity index (χ4n) is 2.42. The van der Waals surface area contributed by atoms with Gasteiger partial charge in [-0.2, -0.15) is 0 Å². The Balaban J connectivity index is 2.24. The Labute approximate surface area is 105 Å². The first kappa shape index (κ1) is 12.5. The minimum absolute atomic E-state index is 0.177. The van der Waals surface area contributed by atoms with Gasteiger partial charge >= 0.3 is 0 Å². The van der Waals surface area contributed by atoms with Crippen LogP contribution in [0, 0.1) is 12.8 Å². The second-order valence-electron chi connectivity index (χ2n) is 4.70. The molecule has 2 rings (SSSR count). The highest BCUT2D eigenvalue weighted by molar-refractivity contribution is 7.86. The number of benzene rings is 1. The third kappa shape index (κ3) is 2.49. The van der Waals surface area contributed by atoms with Crippen LogP contribution in [0.1, 0.15) is 31.7 Å². The van der Waals surface area contributed by atoms with Gasteiger partial charge in [-0.15, -0.1) is 0 Å². The summed E-state index contributed by atoms with van der Waals surface area (Å²) < 4.78 is 12.4. The molecule has 17 heavy (non-hydrogen) atoms. The van der Waals surface area contributed by atoms with Crippen molar-refractivity contribution in [2.75, 3.05) is 0 Å². The van der Waals surface area contributed by atoms with E-state index in [1.807, 2.05) is 31.2 Å². The second-order valence-corrected chi connectivity index (χ2v) is 6.28. The molecule has 1 aromatic carbocycles. The summed E-state index contributed by atoms with van der Waals surface area (Å²) in [7, 11) is -1.18. The van der Waals surface area contributed by atoms with E-state index in [0.717, 1.165) is 23.3 Å². The van der Waals surface area contributed by atoms with Crippen molar-refractivity contribution in [1.29, 1.82) is 0 Å². The van der Waals surface area contributed by atoms with Gasteiger partial charge in [-0.3, -0.25) is 9.00 Å². The maximum atomic E-state index is 12.4. The molecule has 3 heteroatoms. The normalized spacial score (nSPS) is 26.1. The van der Waals surface area contributed by atoms with Gasteiger partial charge in [0.1, 0.15) is 11.0 Å². The Morgan fingerprint density at radius 3 is 2.53 bits per heavy atom. The summed E-state index contributed by atoms with van der Waals surface area (Å²) in [4.78, 5) is 12.6. The molecular formula is C14H18O2S. The SMILES string of the molecule is CC[C@H]1CCC(=O)[C@@H]1[S@@](=O)c1ccc(C)cc1. The Morgan fingerprint density at radius 2 is 1.94 bits per heavy atom. The predicted molar refractivity (Wildman–Crippen MR) is 69.4 cm³/mol. The average molecular weight is 250 g/mol. The fraction of sp³-hybridized carbons (Fsp3) is 0.500. The van der Waals surface area contributed by atoms with Crippen molar-refractivity contribution >= 4 is 16.6 Å². The van der Waals surface area contributed by atoms with Crippen molar-refractivity contribution in [3.05, 3.63) is 29.8 Å². The smallest absolute Gasteiger partial charge is 0.149 e. The number of carbonyl (C=O) groups is 1. The van der Waals surface area contributed by atoms with Gasteiger partial charge in [0.25, 0.3) is 0 Å². The minimum atomic E-state index is -1.18. The van der Waals surface area contributed by atoms with Crippen LogP contribution in [0.5, 0.6) is 0 Å². The number of rotatable bonds is 3. The summed E-state index contributed by atoms with van der Waals surface area (Å²) in [5, 5.41) is -0.275. The summed E-state index contributed by atoms with van der Waals surface area (Å²) in [6, 6.07) is 7.66. The number of hydrogen-bond acceptors (Lipinski definition) is 2. The summed E-state index contributed by atoms with van der Waals surface area (Å²) in [5.74, 6) is 0.473. The number of hydrogen-bond donors (Lipinski definition) is 0. The second kappa shape index (κ2) is 5.13. The van der Waals surface area contributed by atoms with Gasteiger partial charge in [-0.05, 0) is 31.4 Å². The highest BCUT2D eigenvalue weighted by Crippen LogP contribution is 2.32. The molecule has 3 atom stereocenters. The molecule has 1 aromatic rings. The minimum Gasteiger partial charge on any atom is -0.298 e. The van der Waals surface area contributed by atoms with E-state index in [1.54, 1.807) is 0 Å². The van der Waals surface area contributed by atoms with E-state index in [1.165, 1.54) is 0 Å². The maximum absolute atomic E-state index is 12.4. The van der Waals surface area contributed by atoms with E-state index in [-0.39, 0.29) is 11.0 Å². The first-order valence-corrected chi connectivity index (χ1v) is 7.34. The van der Waals surface area contributed by atoms with Gasteiger partial charge in [0.15, 0.2) is 0 Å². The molecule has 0 amide bonds. The molecule has 0 unspecified atom stereocenters. The largest absolute Gasteiger partial charge is 0.298 e.